The number of hydrogen-bond donors (Lipinski definition) is 2. The lowest BCUT2D eigenvalue weighted by Gasteiger charge is -2.34. The number of aryl methyl sites for hydroxylation is 2. The van der Waals surface area contributed by atoms with E-state index in [4.69, 9.17) is 11.6 Å². The molecule has 3 rings (SSSR count). The van der Waals surface area contributed by atoms with E-state index < -0.39 is 41.1 Å². The van der Waals surface area contributed by atoms with Crippen molar-refractivity contribution in [3.05, 3.63) is 54.8 Å². The fraction of sp³-hybridized carbons (Fsp3) is 0.500. The van der Waals surface area contributed by atoms with Crippen molar-refractivity contribution in [1.29, 1.82) is 0 Å². The van der Waals surface area contributed by atoms with E-state index in [0.29, 0.717) is 17.5 Å². The van der Waals surface area contributed by atoms with E-state index in [9.17, 15) is 31.5 Å². The van der Waals surface area contributed by atoms with Gasteiger partial charge in [-0.2, -0.15) is 22.0 Å². The second-order valence-corrected chi connectivity index (χ2v) is 8.19. The first-order valence-electron chi connectivity index (χ1n) is 9.60. The first-order valence-corrected chi connectivity index (χ1v) is 9.98. The number of alkyl halides is 5. The van der Waals surface area contributed by atoms with E-state index in [2.05, 4.69) is 9.97 Å². The van der Waals surface area contributed by atoms with E-state index in [-0.39, 0.29) is 42.1 Å². The number of hydrogen-bond acceptors (Lipinski definition) is 3. The van der Waals surface area contributed by atoms with Crippen LogP contribution in [0.3, 0.4) is 0 Å². The third kappa shape index (κ3) is 4.85. The first kappa shape index (κ1) is 23.5. The summed E-state index contributed by atoms with van der Waals surface area (Å²) in [5.41, 5.74) is -1.39. The zero-order chi connectivity index (χ0) is 23.1. The van der Waals surface area contributed by atoms with Crippen molar-refractivity contribution in [1.82, 2.24) is 14.9 Å². The Bertz CT molecular complexity index is 1090. The number of pyridine rings is 2. The Hall–Kier alpha value is -2.20. The molecular weight excluding hydrogens is 445 g/mol. The topological polar surface area (TPSA) is 69.0 Å². The van der Waals surface area contributed by atoms with Gasteiger partial charge in [0.1, 0.15) is 5.02 Å². The molecule has 0 spiro atoms. The van der Waals surface area contributed by atoms with Crippen LogP contribution in [0, 0.1) is 19.8 Å². The Kier molecular flexibility index (Phi) is 6.35. The van der Waals surface area contributed by atoms with E-state index in [1.165, 1.54) is 4.90 Å². The summed E-state index contributed by atoms with van der Waals surface area (Å²) in [5, 5.41) is -0.100. The first-order chi connectivity index (χ1) is 14.3. The fourth-order valence-corrected chi connectivity index (χ4v) is 3.98. The number of likely N-dealkylation sites (tertiary alicyclic amines) is 1. The van der Waals surface area contributed by atoms with Crippen LogP contribution >= 0.6 is 11.6 Å². The molecule has 0 radical (unpaired) electrons. The summed E-state index contributed by atoms with van der Waals surface area (Å²) in [6.07, 6.45) is -3.79. The van der Waals surface area contributed by atoms with Crippen LogP contribution in [0.15, 0.2) is 21.9 Å². The largest absolute Gasteiger partial charge is 0.391 e. The number of H-pyrrole nitrogens is 2. The van der Waals surface area contributed by atoms with Gasteiger partial charge in [0.05, 0.1) is 29.3 Å². The summed E-state index contributed by atoms with van der Waals surface area (Å²) in [4.78, 5) is 31.5. The van der Waals surface area contributed by atoms with Crippen molar-refractivity contribution in [3.63, 3.8) is 0 Å². The highest BCUT2D eigenvalue weighted by molar-refractivity contribution is 6.31. The van der Waals surface area contributed by atoms with Crippen molar-refractivity contribution in [3.8, 4) is 11.1 Å². The van der Waals surface area contributed by atoms with Crippen molar-refractivity contribution in [2.75, 3.05) is 19.6 Å². The van der Waals surface area contributed by atoms with Gasteiger partial charge in [-0.15, -0.1) is 0 Å². The molecule has 0 unspecified atom stereocenters. The van der Waals surface area contributed by atoms with Gasteiger partial charge in [-0.3, -0.25) is 14.5 Å². The van der Waals surface area contributed by atoms with Crippen LogP contribution < -0.4 is 10.9 Å². The molecule has 0 bridgehead atoms. The quantitative estimate of drug-likeness (QED) is 0.659. The second kappa shape index (κ2) is 8.38. The fourth-order valence-electron chi connectivity index (χ4n) is 3.84. The van der Waals surface area contributed by atoms with Gasteiger partial charge in [-0.1, -0.05) is 11.6 Å². The van der Waals surface area contributed by atoms with Gasteiger partial charge in [0.2, 0.25) is 5.43 Å². The molecule has 0 aromatic carbocycles. The molecule has 170 valence electrons. The molecule has 11 heteroatoms. The number of nitrogens with one attached hydrogen (secondary N) is 2. The van der Waals surface area contributed by atoms with Crippen LogP contribution in [-0.2, 0) is 5.92 Å². The molecule has 1 fully saturated rings. The lowest BCUT2D eigenvalue weighted by Crippen LogP contribution is -2.43. The van der Waals surface area contributed by atoms with Crippen molar-refractivity contribution in [2.24, 2.45) is 5.92 Å². The lowest BCUT2D eigenvalue weighted by molar-refractivity contribution is -0.187. The summed E-state index contributed by atoms with van der Waals surface area (Å²) >= 11 is 5.96. The maximum atomic E-state index is 14.7. The van der Waals surface area contributed by atoms with Crippen LogP contribution in [-0.4, -0.2) is 40.7 Å². The van der Waals surface area contributed by atoms with Crippen molar-refractivity contribution in [2.45, 2.75) is 38.8 Å². The summed E-state index contributed by atoms with van der Waals surface area (Å²) in [7, 11) is 0. The highest BCUT2D eigenvalue weighted by Gasteiger charge is 2.43. The van der Waals surface area contributed by atoms with E-state index in [1.54, 1.807) is 13.8 Å². The van der Waals surface area contributed by atoms with Crippen LogP contribution in [0.2, 0.25) is 5.02 Å². The van der Waals surface area contributed by atoms with E-state index in [1.807, 2.05) is 0 Å². The standard InChI is InChI=1S/C20H21ClF5N3O2/c1-10-16(18(31)17(21)11(2)28-10)13-8-27-15(7-14(13)30)19(22,23)9-29-5-3-12(4-6-29)20(24,25)26/h7-8,12H,3-6,9H2,1-2H3,(H,27,30)(H,28,31). The monoisotopic (exact) mass is 465 g/mol. The van der Waals surface area contributed by atoms with Crippen LogP contribution in [0.4, 0.5) is 22.0 Å². The maximum Gasteiger partial charge on any atom is 0.391 e. The summed E-state index contributed by atoms with van der Waals surface area (Å²) in [5.74, 6) is -4.98. The van der Waals surface area contributed by atoms with Crippen molar-refractivity contribution < 1.29 is 22.0 Å². The number of halogens is 6. The van der Waals surface area contributed by atoms with Crippen LogP contribution in [0.5, 0.6) is 0 Å². The number of piperidine rings is 1. The molecule has 0 atom stereocenters. The van der Waals surface area contributed by atoms with Crippen molar-refractivity contribution >= 4 is 11.6 Å². The van der Waals surface area contributed by atoms with Gasteiger partial charge in [-0.05, 0) is 39.8 Å². The molecule has 1 aliphatic heterocycles. The number of nitrogens with zero attached hydrogens (tertiary/aromatic N) is 1. The molecule has 2 aromatic heterocycles. The molecule has 1 saturated heterocycles. The lowest BCUT2D eigenvalue weighted by atomic mass is 9.96. The second-order valence-electron chi connectivity index (χ2n) is 7.81. The average molecular weight is 466 g/mol. The Morgan fingerprint density at radius 2 is 1.71 bits per heavy atom. The zero-order valence-corrected chi connectivity index (χ0v) is 17.6. The third-order valence-electron chi connectivity index (χ3n) is 5.55. The molecule has 5 nitrogen and oxygen atoms in total. The molecule has 2 aromatic rings. The number of rotatable bonds is 4. The third-order valence-corrected chi connectivity index (χ3v) is 6.01. The molecule has 0 amide bonds. The van der Waals surface area contributed by atoms with Gasteiger partial charge >= 0.3 is 6.18 Å². The number of aromatic amines is 2. The highest BCUT2D eigenvalue weighted by Crippen LogP contribution is 2.36. The molecule has 31 heavy (non-hydrogen) atoms. The molecule has 2 N–H and O–H groups in total. The molecule has 0 aliphatic carbocycles. The minimum Gasteiger partial charge on any atom is -0.361 e. The van der Waals surface area contributed by atoms with Gasteiger partial charge in [0, 0.05) is 23.7 Å². The van der Waals surface area contributed by atoms with Gasteiger partial charge in [0.25, 0.3) is 5.92 Å². The van der Waals surface area contributed by atoms with Crippen LogP contribution in [0.25, 0.3) is 11.1 Å². The molecule has 3 heterocycles. The van der Waals surface area contributed by atoms with E-state index in [0.717, 1.165) is 6.20 Å². The zero-order valence-electron chi connectivity index (χ0n) is 16.8. The Morgan fingerprint density at radius 3 is 2.26 bits per heavy atom. The summed E-state index contributed by atoms with van der Waals surface area (Å²) in [6.45, 7) is 2.11. The molecule has 0 saturated carbocycles. The van der Waals surface area contributed by atoms with E-state index >= 15 is 0 Å². The minimum atomic E-state index is -4.33. The Morgan fingerprint density at radius 1 is 1.10 bits per heavy atom. The predicted octanol–water partition coefficient (Wildman–Crippen LogP) is 4.37. The van der Waals surface area contributed by atoms with Gasteiger partial charge < -0.3 is 9.97 Å². The smallest absolute Gasteiger partial charge is 0.361 e. The normalized spacial score (nSPS) is 16.6. The minimum absolute atomic E-state index is 0.0130. The highest BCUT2D eigenvalue weighted by atomic mass is 35.5. The average Bonchev–Trinajstić information content (AvgIpc) is 2.67. The predicted molar refractivity (Wildman–Crippen MR) is 107 cm³/mol. The number of aromatic nitrogens is 2. The molecule has 1 aliphatic rings. The summed E-state index contributed by atoms with van der Waals surface area (Å²) in [6, 6.07) is 0.713. The maximum absolute atomic E-state index is 14.7. The molecular formula is C20H21ClF5N3O2. The summed E-state index contributed by atoms with van der Waals surface area (Å²) < 4.78 is 67.8. The van der Waals surface area contributed by atoms with Gasteiger partial charge in [0.15, 0.2) is 5.43 Å². The van der Waals surface area contributed by atoms with Gasteiger partial charge in [-0.25, -0.2) is 0 Å². The SMILES string of the molecule is Cc1[nH]c(C)c(-c2c[nH]c(C(F)(F)CN3CCC(C(F)(F)F)CC3)cc2=O)c(=O)c1Cl. The Labute approximate surface area is 179 Å². The Balaban J connectivity index is 1.82. The van der Waals surface area contributed by atoms with Crippen LogP contribution in [0.1, 0.15) is 29.9 Å².